The van der Waals surface area contributed by atoms with E-state index in [-0.39, 0.29) is 0 Å². The summed E-state index contributed by atoms with van der Waals surface area (Å²) >= 11 is 6.09. The summed E-state index contributed by atoms with van der Waals surface area (Å²) in [6.45, 7) is 0. The fourth-order valence-electron chi connectivity index (χ4n) is 1.09. The molecular weight excluding hydrogens is 277 g/mol. The smallest absolute Gasteiger partial charge is 0.401 e. The Morgan fingerprint density at radius 2 is 2.12 bits per heavy atom. The van der Waals surface area contributed by atoms with Crippen LogP contribution in [0.1, 0.15) is 6.42 Å². The minimum absolute atomic E-state index is 0.293. The van der Waals surface area contributed by atoms with Gasteiger partial charge in [0, 0.05) is 9.92 Å². The second kappa shape index (κ2) is 5.64. The van der Waals surface area contributed by atoms with Crippen molar-refractivity contribution in [3.63, 3.8) is 0 Å². The molecule has 0 bridgehead atoms. The lowest BCUT2D eigenvalue weighted by molar-refractivity contribution is -0.149. The Labute approximate surface area is 105 Å². The van der Waals surface area contributed by atoms with Crippen LogP contribution in [0.4, 0.5) is 13.2 Å². The number of carbonyl (C=O) groups is 1. The first-order valence-electron chi connectivity index (χ1n) is 4.50. The van der Waals surface area contributed by atoms with Crippen molar-refractivity contribution in [3.8, 4) is 0 Å². The average molecular weight is 285 g/mol. The molecule has 17 heavy (non-hydrogen) atoms. The standard InChI is InChI=1S/C10H8ClF3O2S/c11-6-2-1-3-7(4-6)17-8(5-9(15)16)10(12,13)14/h1-4,8H,5H2,(H,15,16). The van der Waals surface area contributed by atoms with Crippen molar-refractivity contribution in [1.29, 1.82) is 0 Å². The number of rotatable bonds is 4. The maximum atomic E-state index is 12.5. The fraction of sp³-hybridized carbons (Fsp3) is 0.300. The van der Waals surface area contributed by atoms with E-state index in [9.17, 15) is 18.0 Å². The van der Waals surface area contributed by atoms with Gasteiger partial charge in [0.2, 0.25) is 0 Å². The van der Waals surface area contributed by atoms with Gasteiger partial charge >= 0.3 is 12.1 Å². The second-order valence-electron chi connectivity index (χ2n) is 3.20. The van der Waals surface area contributed by atoms with Crippen LogP contribution >= 0.6 is 23.4 Å². The van der Waals surface area contributed by atoms with Crippen molar-refractivity contribution in [2.24, 2.45) is 0 Å². The summed E-state index contributed by atoms with van der Waals surface area (Å²) in [6, 6.07) is 5.87. The van der Waals surface area contributed by atoms with E-state index in [1.54, 1.807) is 0 Å². The summed E-state index contributed by atoms with van der Waals surface area (Å²) in [5.41, 5.74) is 0. The molecule has 94 valence electrons. The van der Waals surface area contributed by atoms with Gasteiger partial charge in [0.15, 0.2) is 0 Å². The van der Waals surface area contributed by atoms with Gasteiger partial charge in [0.25, 0.3) is 0 Å². The van der Waals surface area contributed by atoms with Gasteiger partial charge in [-0.05, 0) is 18.2 Å². The van der Waals surface area contributed by atoms with Crippen LogP contribution in [0.15, 0.2) is 29.2 Å². The van der Waals surface area contributed by atoms with E-state index < -0.39 is 23.8 Å². The molecule has 0 amide bonds. The molecule has 2 nitrogen and oxygen atoms in total. The third-order valence-electron chi connectivity index (χ3n) is 1.80. The topological polar surface area (TPSA) is 37.3 Å². The third-order valence-corrected chi connectivity index (χ3v) is 3.28. The molecule has 1 unspecified atom stereocenters. The van der Waals surface area contributed by atoms with Gasteiger partial charge in [-0.2, -0.15) is 13.2 Å². The molecule has 0 fully saturated rings. The van der Waals surface area contributed by atoms with Crippen molar-refractivity contribution in [2.45, 2.75) is 22.7 Å². The molecule has 0 saturated carbocycles. The van der Waals surface area contributed by atoms with E-state index in [0.717, 1.165) is 0 Å². The molecule has 0 heterocycles. The predicted octanol–water partition coefficient (Wildman–Crippen LogP) is 3.84. The first-order valence-corrected chi connectivity index (χ1v) is 5.75. The number of aliphatic carboxylic acids is 1. The van der Waals surface area contributed by atoms with Crippen molar-refractivity contribution < 1.29 is 23.1 Å². The molecule has 0 saturated heterocycles. The molecule has 1 aromatic carbocycles. The lowest BCUT2D eigenvalue weighted by atomic mass is 10.3. The van der Waals surface area contributed by atoms with Crippen LogP contribution in [0.3, 0.4) is 0 Å². The molecule has 1 aromatic rings. The second-order valence-corrected chi connectivity index (χ2v) is 4.92. The van der Waals surface area contributed by atoms with Gasteiger partial charge in [-0.15, -0.1) is 11.8 Å². The Morgan fingerprint density at radius 3 is 2.59 bits per heavy atom. The van der Waals surface area contributed by atoms with E-state index in [2.05, 4.69) is 0 Å². The number of hydrogen-bond donors (Lipinski definition) is 1. The highest BCUT2D eigenvalue weighted by Crippen LogP contribution is 2.37. The average Bonchev–Trinajstić information content (AvgIpc) is 2.14. The number of halogens is 4. The summed E-state index contributed by atoms with van der Waals surface area (Å²) in [7, 11) is 0. The van der Waals surface area contributed by atoms with Crippen LogP contribution in [0.5, 0.6) is 0 Å². The van der Waals surface area contributed by atoms with Crippen LogP contribution in [-0.4, -0.2) is 22.5 Å². The minimum atomic E-state index is -4.56. The zero-order chi connectivity index (χ0) is 13.1. The summed E-state index contributed by atoms with van der Waals surface area (Å²) in [5.74, 6) is -1.48. The number of thioether (sulfide) groups is 1. The SMILES string of the molecule is O=C(O)CC(Sc1cccc(Cl)c1)C(F)(F)F. The number of carboxylic acids is 1. The van der Waals surface area contributed by atoms with E-state index in [4.69, 9.17) is 16.7 Å². The Morgan fingerprint density at radius 1 is 1.47 bits per heavy atom. The number of carboxylic acid groups (broad SMARTS) is 1. The largest absolute Gasteiger partial charge is 0.481 e. The summed E-state index contributed by atoms with van der Waals surface area (Å²) < 4.78 is 37.6. The van der Waals surface area contributed by atoms with Crippen LogP contribution in [0.25, 0.3) is 0 Å². The van der Waals surface area contributed by atoms with Gasteiger partial charge in [0.05, 0.1) is 6.42 Å². The van der Waals surface area contributed by atoms with Gasteiger partial charge in [-0.25, -0.2) is 0 Å². The normalized spacial score (nSPS) is 13.4. The van der Waals surface area contributed by atoms with Crippen LogP contribution < -0.4 is 0 Å². The van der Waals surface area contributed by atoms with Crippen molar-refractivity contribution in [2.75, 3.05) is 0 Å². The van der Waals surface area contributed by atoms with E-state index in [1.165, 1.54) is 24.3 Å². The Kier molecular flexibility index (Phi) is 4.70. The molecule has 0 aliphatic carbocycles. The quantitative estimate of drug-likeness (QED) is 0.854. The molecule has 1 N–H and O–H groups in total. The Balaban J connectivity index is 2.83. The number of alkyl halides is 3. The first kappa shape index (κ1) is 14.2. The predicted molar refractivity (Wildman–Crippen MR) is 59.4 cm³/mol. The molecule has 0 aromatic heterocycles. The molecule has 0 aliphatic rings. The third kappa shape index (κ3) is 4.87. The van der Waals surface area contributed by atoms with Crippen molar-refractivity contribution in [3.05, 3.63) is 29.3 Å². The first-order chi connectivity index (χ1) is 7.79. The molecule has 1 rings (SSSR count). The van der Waals surface area contributed by atoms with Gasteiger partial charge in [-0.1, -0.05) is 17.7 Å². The molecule has 7 heteroatoms. The van der Waals surface area contributed by atoms with Gasteiger partial charge in [-0.3, -0.25) is 4.79 Å². The Bertz CT molecular complexity index is 409. The highest BCUT2D eigenvalue weighted by Gasteiger charge is 2.41. The summed E-state index contributed by atoms with van der Waals surface area (Å²) in [6.07, 6.45) is -5.54. The van der Waals surface area contributed by atoms with E-state index in [1.807, 2.05) is 0 Å². The maximum absolute atomic E-state index is 12.5. The zero-order valence-electron chi connectivity index (χ0n) is 8.37. The molecule has 0 radical (unpaired) electrons. The molecule has 0 aliphatic heterocycles. The van der Waals surface area contributed by atoms with E-state index in [0.29, 0.717) is 21.7 Å². The number of benzene rings is 1. The summed E-state index contributed by atoms with van der Waals surface area (Å²) in [5, 5.41) is 6.78. The fourth-order valence-corrected chi connectivity index (χ4v) is 2.38. The lowest BCUT2D eigenvalue weighted by Crippen LogP contribution is -2.28. The zero-order valence-corrected chi connectivity index (χ0v) is 9.94. The molecular formula is C10H8ClF3O2S. The van der Waals surface area contributed by atoms with Crippen molar-refractivity contribution in [1.82, 2.24) is 0 Å². The Hall–Kier alpha value is -0.880. The highest BCUT2D eigenvalue weighted by molar-refractivity contribution is 8.00. The maximum Gasteiger partial charge on any atom is 0.401 e. The molecule has 0 spiro atoms. The summed E-state index contributed by atoms with van der Waals surface area (Å²) in [4.78, 5) is 10.7. The van der Waals surface area contributed by atoms with Crippen LogP contribution in [0, 0.1) is 0 Å². The van der Waals surface area contributed by atoms with Gasteiger partial charge in [0.1, 0.15) is 5.25 Å². The van der Waals surface area contributed by atoms with Crippen LogP contribution in [0.2, 0.25) is 5.02 Å². The van der Waals surface area contributed by atoms with E-state index >= 15 is 0 Å². The van der Waals surface area contributed by atoms with Crippen LogP contribution in [-0.2, 0) is 4.79 Å². The van der Waals surface area contributed by atoms with Gasteiger partial charge < -0.3 is 5.11 Å². The number of hydrogen-bond acceptors (Lipinski definition) is 2. The molecule has 1 atom stereocenters. The minimum Gasteiger partial charge on any atom is -0.481 e. The lowest BCUT2D eigenvalue weighted by Gasteiger charge is -2.17. The monoisotopic (exact) mass is 284 g/mol. The van der Waals surface area contributed by atoms with Crippen molar-refractivity contribution >= 4 is 29.3 Å². The highest BCUT2D eigenvalue weighted by atomic mass is 35.5.